The molecule has 2 N–H and O–H groups in total. The fraction of sp³-hybridized carbons (Fsp3) is 0.364. The quantitative estimate of drug-likeness (QED) is 0.514. The van der Waals surface area contributed by atoms with Crippen molar-refractivity contribution in [3.05, 3.63) is 52.5 Å². The maximum atomic E-state index is 10.9. The number of nitrogens with zero attached hydrogens (tertiary/aromatic N) is 1. The smallest absolute Gasteiger partial charge is 0.303 e. The van der Waals surface area contributed by atoms with Crippen LogP contribution in [0.5, 0.6) is 0 Å². The highest BCUT2D eigenvalue weighted by Crippen LogP contribution is 2.35. The van der Waals surface area contributed by atoms with E-state index in [1.807, 2.05) is 58.0 Å². The molecule has 0 atom stereocenters. The first-order chi connectivity index (χ1) is 13.3. The molecular weight excluding hydrogens is 372 g/mol. The molecule has 0 fully saturated rings. The molecule has 148 valence electrons. The second-order valence-electron chi connectivity index (χ2n) is 7.26. The van der Waals surface area contributed by atoms with Gasteiger partial charge in [-0.25, -0.2) is 4.98 Å². The largest absolute Gasteiger partial charge is 0.481 e. The Bertz CT molecular complexity index is 995. The molecule has 0 unspecified atom stereocenters. The van der Waals surface area contributed by atoms with E-state index >= 15 is 0 Å². The lowest BCUT2D eigenvalue weighted by atomic mass is 9.93. The normalized spacial score (nSPS) is 11.7. The van der Waals surface area contributed by atoms with E-state index in [9.17, 15) is 4.79 Å². The molecule has 3 aromatic rings. The molecule has 0 aliphatic heterocycles. The minimum absolute atomic E-state index is 0.111. The molecule has 28 heavy (non-hydrogen) atoms. The van der Waals surface area contributed by atoms with E-state index in [1.165, 1.54) is 0 Å². The number of nitrogens with one attached hydrogen (secondary N) is 1. The minimum Gasteiger partial charge on any atom is -0.481 e. The Labute approximate surface area is 169 Å². The van der Waals surface area contributed by atoms with Gasteiger partial charge in [-0.15, -0.1) is 11.3 Å². The Morgan fingerprint density at radius 2 is 2.04 bits per heavy atom. The third kappa shape index (κ3) is 4.69. The van der Waals surface area contributed by atoms with Gasteiger partial charge < -0.3 is 15.2 Å². The van der Waals surface area contributed by atoms with Gasteiger partial charge in [0.15, 0.2) is 0 Å². The molecule has 6 heteroatoms. The molecule has 5 nitrogen and oxygen atoms in total. The Hall–Kier alpha value is -2.44. The number of aliphatic carboxylic acids is 1. The van der Waals surface area contributed by atoms with E-state index < -0.39 is 11.6 Å². The highest BCUT2D eigenvalue weighted by atomic mass is 32.1. The van der Waals surface area contributed by atoms with E-state index in [0.29, 0.717) is 13.0 Å². The highest BCUT2D eigenvalue weighted by molar-refractivity contribution is 7.18. The Kier molecular flexibility index (Phi) is 6.01. The molecule has 0 bridgehead atoms. The van der Waals surface area contributed by atoms with Crippen LogP contribution in [0.1, 0.15) is 43.3 Å². The summed E-state index contributed by atoms with van der Waals surface area (Å²) in [5, 5.41) is 13.6. The van der Waals surface area contributed by atoms with Crippen LogP contribution >= 0.6 is 11.3 Å². The summed E-state index contributed by atoms with van der Waals surface area (Å²) in [5.41, 5.74) is 4.46. The molecule has 0 saturated heterocycles. The second-order valence-corrected chi connectivity index (χ2v) is 8.49. The van der Waals surface area contributed by atoms with Gasteiger partial charge in [0.2, 0.25) is 0 Å². The summed E-state index contributed by atoms with van der Waals surface area (Å²) in [6.07, 6.45) is 0.603. The van der Waals surface area contributed by atoms with Crippen molar-refractivity contribution in [1.29, 1.82) is 0 Å². The number of rotatable bonds is 8. The van der Waals surface area contributed by atoms with Crippen LogP contribution in [0.2, 0.25) is 0 Å². The van der Waals surface area contributed by atoms with Crippen LogP contribution in [0.4, 0.5) is 11.4 Å². The number of aryl methyl sites for hydroxylation is 2. The zero-order valence-electron chi connectivity index (χ0n) is 16.7. The maximum Gasteiger partial charge on any atom is 0.303 e. The van der Waals surface area contributed by atoms with Crippen molar-refractivity contribution in [1.82, 2.24) is 4.98 Å². The fourth-order valence-electron chi connectivity index (χ4n) is 3.34. The molecule has 1 aromatic heterocycles. The van der Waals surface area contributed by atoms with Crippen LogP contribution in [0.25, 0.3) is 10.2 Å². The van der Waals surface area contributed by atoms with Crippen molar-refractivity contribution in [3.8, 4) is 0 Å². The van der Waals surface area contributed by atoms with Gasteiger partial charge in [0.25, 0.3) is 0 Å². The summed E-state index contributed by atoms with van der Waals surface area (Å²) in [7, 11) is 0. The molecule has 0 saturated carbocycles. The fourth-order valence-corrected chi connectivity index (χ4v) is 4.20. The molecule has 3 rings (SSSR count). The van der Waals surface area contributed by atoms with Gasteiger partial charge in [-0.3, -0.25) is 4.79 Å². The number of carboxylic acid groups (broad SMARTS) is 1. The molecule has 0 aliphatic carbocycles. The molecule has 0 spiro atoms. The van der Waals surface area contributed by atoms with Crippen molar-refractivity contribution >= 4 is 38.9 Å². The Morgan fingerprint density at radius 1 is 1.25 bits per heavy atom. The third-order valence-electron chi connectivity index (χ3n) is 4.64. The number of benzene rings is 2. The number of aromatic nitrogens is 1. The lowest BCUT2D eigenvalue weighted by molar-refractivity contribution is -0.136. The van der Waals surface area contributed by atoms with E-state index in [4.69, 9.17) is 9.84 Å². The van der Waals surface area contributed by atoms with Crippen molar-refractivity contribution in [2.24, 2.45) is 0 Å². The number of anilines is 2. The topological polar surface area (TPSA) is 71.5 Å². The molecule has 1 heterocycles. The predicted octanol–water partition coefficient (Wildman–Crippen LogP) is 5.64. The zero-order chi connectivity index (χ0) is 20.3. The van der Waals surface area contributed by atoms with E-state index in [0.717, 1.165) is 37.7 Å². The third-order valence-corrected chi connectivity index (χ3v) is 5.57. The SMILES string of the molecule is CCOC(C)(C)c1ccc(CCC(=O)O)cc1Nc1ccc2nc(C)sc2c1. The van der Waals surface area contributed by atoms with E-state index in [2.05, 4.69) is 16.4 Å². The number of ether oxygens (including phenoxy) is 1. The predicted molar refractivity (Wildman–Crippen MR) is 115 cm³/mol. The molecule has 0 aliphatic rings. The Balaban J connectivity index is 1.98. The minimum atomic E-state index is -0.792. The van der Waals surface area contributed by atoms with Crippen LogP contribution in [0.3, 0.4) is 0 Å². The number of hydrogen-bond donors (Lipinski definition) is 2. The first kappa shape index (κ1) is 20.3. The van der Waals surface area contributed by atoms with Gasteiger partial charge in [0.1, 0.15) is 0 Å². The van der Waals surface area contributed by atoms with Crippen LogP contribution in [0, 0.1) is 6.92 Å². The Morgan fingerprint density at radius 3 is 2.75 bits per heavy atom. The van der Waals surface area contributed by atoms with Crippen molar-refractivity contribution in [2.45, 2.75) is 46.1 Å². The molecule has 2 aromatic carbocycles. The lowest BCUT2D eigenvalue weighted by Crippen LogP contribution is -2.23. The molecular formula is C22H26N2O3S. The summed E-state index contributed by atoms with van der Waals surface area (Å²) >= 11 is 1.67. The number of carbonyl (C=O) groups is 1. The lowest BCUT2D eigenvalue weighted by Gasteiger charge is -2.28. The van der Waals surface area contributed by atoms with Crippen LogP contribution in [0.15, 0.2) is 36.4 Å². The molecule has 0 amide bonds. The van der Waals surface area contributed by atoms with Crippen molar-refractivity contribution in [2.75, 3.05) is 11.9 Å². The summed E-state index contributed by atoms with van der Waals surface area (Å²) in [4.78, 5) is 15.5. The zero-order valence-corrected chi connectivity index (χ0v) is 17.5. The van der Waals surface area contributed by atoms with Crippen molar-refractivity contribution < 1.29 is 14.6 Å². The number of hydrogen-bond acceptors (Lipinski definition) is 5. The first-order valence-electron chi connectivity index (χ1n) is 9.42. The maximum absolute atomic E-state index is 10.9. The monoisotopic (exact) mass is 398 g/mol. The van der Waals surface area contributed by atoms with Crippen LogP contribution < -0.4 is 5.32 Å². The number of carboxylic acids is 1. The number of thiazole rings is 1. The second kappa shape index (κ2) is 8.29. The van der Waals surface area contributed by atoms with Gasteiger partial charge in [-0.2, -0.15) is 0 Å². The molecule has 0 radical (unpaired) electrons. The summed E-state index contributed by atoms with van der Waals surface area (Å²) in [5.74, 6) is -0.792. The average molecular weight is 399 g/mol. The van der Waals surface area contributed by atoms with Crippen LogP contribution in [-0.4, -0.2) is 22.7 Å². The van der Waals surface area contributed by atoms with Crippen molar-refractivity contribution in [3.63, 3.8) is 0 Å². The summed E-state index contributed by atoms with van der Waals surface area (Å²) in [6.45, 7) is 8.69. The standard InChI is InChI=1S/C22H26N2O3S/c1-5-27-22(3,4)17-9-6-15(7-11-21(25)26)12-19(17)24-16-8-10-18-20(13-16)28-14(2)23-18/h6,8-10,12-13,24H,5,7,11H2,1-4H3,(H,25,26). The summed E-state index contributed by atoms with van der Waals surface area (Å²) < 4.78 is 7.10. The van der Waals surface area contributed by atoms with Gasteiger partial charge in [0.05, 0.1) is 20.8 Å². The highest BCUT2D eigenvalue weighted by Gasteiger charge is 2.24. The average Bonchev–Trinajstić information content (AvgIpc) is 2.99. The van der Waals surface area contributed by atoms with Gasteiger partial charge >= 0.3 is 5.97 Å². The summed E-state index contributed by atoms with van der Waals surface area (Å²) in [6, 6.07) is 12.2. The van der Waals surface area contributed by atoms with Gasteiger partial charge in [-0.1, -0.05) is 12.1 Å². The van der Waals surface area contributed by atoms with E-state index in [-0.39, 0.29) is 6.42 Å². The van der Waals surface area contributed by atoms with Gasteiger partial charge in [-0.05, 0) is 63.9 Å². The number of fused-ring (bicyclic) bond motifs is 1. The van der Waals surface area contributed by atoms with E-state index in [1.54, 1.807) is 11.3 Å². The first-order valence-corrected chi connectivity index (χ1v) is 10.2. The van der Waals surface area contributed by atoms with Crippen LogP contribution in [-0.2, 0) is 21.6 Å². The van der Waals surface area contributed by atoms with Gasteiger partial charge in [0, 0.05) is 30.0 Å².